The van der Waals surface area contributed by atoms with Gasteiger partial charge in [0.1, 0.15) is 0 Å². The van der Waals surface area contributed by atoms with Crippen molar-refractivity contribution < 1.29 is 5.11 Å². The summed E-state index contributed by atoms with van der Waals surface area (Å²) in [6.07, 6.45) is 1.90. The molecule has 0 bridgehead atoms. The van der Waals surface area contributed by atoms with E-state index >= 15 is 0 Å². The number of aliphatic hydroxyl groups is 1. The Morgan fingerprint density at radius 1 is 1.50 bits per heavy atom. The Morgan fingerprint density at radius 2 is 2.25 bits per heavy atom. The van der Waals surface area contributed by atoms with Gasteiger partial charge in [0.05, 0.1) is 11.6 Å². The molecule has 0 amide bonds. The molecule has 0 aliphatic carbocycles. The number of hydrogen-bond acceptors (Lipinski definition) is 4. The van der Waals surface area contributed by atoms with Crippen molar-refractivity contribution in [3.05, 3.63) is 23.4 Å². The van der Waals surface area contributed by atoms with Crippen molar-refractivity contribution >= 4 is 11.8 Å². The highest BCUT2D eigenvalue weighted by molar-refractivity contribution is 7.99. The molecule has 4 heteroatoms. The van der Waals surface area contributed by atoms with Crippen molar-refractivity contribution in [2.45, 2.75) is 38.4 Å². The van der Waals surface area contributed by atoms with Gasteiger partial charge in [0, 0.05) is 24.5 Å². The maximum absolute atomic E-state index is 8.76. The van der Waals surface area contributed by atoms with Gasteiger partial charge in [0.25, 0.3) is 0 Å². The fourth-order valence-electron chi connectivity index (χ4n) is 1.33. The van der Waals surface area contributed by atoms with E-state index in [-0.39, 0.29) is 6.61 Å². The summed E-state index contributed by atoms with van der Waals surface area (Å²) in [5.41, 5.74) is 2.39. The summed E-state index contributed by atoms with van der Waals surface area (Å²) in [6, 6.07) is 2.64. The molecule has 16 heavy (non-hydrogen) atoms. The van der Waals surface area contributed by atoms with E-state index in [4.69, 9.17) is 5.11 Å². The standard InChI is InChI=1S/C12H20N2OS/c1-9(2)13-7-11-6-10(3)12(14-8-11)16-5-4-15/h6,8-9,13,15H,4-5,7H2,1-3H3. The van der Waals surface area contributed by atoms with Crippen molar-refractivity contribution in [2.75, 3.05) is 12.4 Å². The molecule has 90 valence electrons. The first kappa shape index (κ1) is 13.5. The molecule has 0 unspecified atom stereocenters. The number of pyridine rings is 1. The Balaban J connectivity index is 2.59. The fourth-order valence-corrected chi connectivity index (χ4v) is 2.03. The Bertz CT molecular complexity index is 329. The summed E-state index contributed by atoms with van der Waals surface area (Å²) in [7, 11) is 0. The summed E-state index contributed by atoms with van der Waals surface area (Å²) in [4.78, 5) is 4.41. The second kappa shape index (κ2) is 6.89. The lowest BCUT2D eigenvalue weighted by Crippen LogP contribution is -2.21. The molecule has 1 aromatic heterocycles. The van der Waals surface area contributed by atoms with Gasteiger partial charge in [0.15, 0.2) is 0 Å². The van der Waals surface area contributed by atoms with Crippen LogP contribution in [0.4, 0.5) is 0 Å². The second-order valence-electron chi connectivity index (χ2n) is 4.07. The number of nitrogens with one attached hydrogen (secondary N) is 1. The van der Waals surface area contributed by atoms with E-state index in [1.807, 2.05) is 6.20 Å². The van der Waals surface area contributed by atoms with Crippen LogP contribution in [0.1, 0.15) is 25.0 Å². The maximum Gasteiger partial charge on any atom is 0.0990 e. The lowest BCUT2D eigenvalue weighted by Gasteiger charge is -2.10. The van der Waals surface area contributed by atoms with Crippen molar-refractivity contribution in [1.82, 2.24) is 10.3 Å². The van der Waals surface area contributed by atoms with Crippen LogP contribution >= 0.6 is 11.8 Å². The smallest absolute Gasteiger partial charge is 0.0990 e. The van der Waals surface area contributed by atoms with Gasteiger partial charge in [-0.25, -0.2) is 4.98 Å². The molecule has 0 aromatic carbocycles. The van der Waals surface area contributed by atoms with E-state index in [0.717, 1.165) is 11.6 Å². The van der Waals surface area contributed by atoms with Crippen LogP contribution in [-0.2, 0) is 6.54 Å². The van der Waals surface area contributed by atoms with Crippen LogP contribution in [0.3, 0.4) is 0 Å². The SMILES string of the molecule is Cc1cc(CNC(C)C)cnc1SCCO. The normalized spacial score (nSPS) is 11.1. The summed E-state index contributed by atoms with van der Waals surface area (Å²) in [5, 5.41) is 13.1. The summed E-state index contributed by atoms with van der Waals surface area (Å²) < 4.78 is 0. The molecule has 1 rings (SSSR count). The van der Waals surface area contributed by atoms with Gasteiger partial charge < -0.3 is 10.4 Å². The number of aryl methyl sites for hydroxylation is 1. The molecule has 1 heterocycles. The second-order valence-corrected chi connectivity index (χ2v) is 5.16. The summed E-state index contributed by atoms with van der Waals surface area (Å²) >= 11 is 1.60. The zero-order valence-electron chi connectivity index (χ0n) is 10.2. The van der Waals surface area contributed by atoms with Gasteiger partial charge in [-0.15, -0.1) is 11.8 Å². The van der Waals surface area contributed by atoms with Crippen molar-refractivity contribution in [3.8, 4) is 0 Å². The zero-order valence-corrected chi connectivity index (χ0v) is 11.0. The molecule has 0 aliphatic rings. The van der Waals surface area contributed by atoms with Crippen molar-refractivity contribution in [2.24, 2.45) is 0 Å². The summed E-state index contributed by atoms with van der Waals surface area (Å²) in [5.74, 6) is 0.706. The monoisotopic (exact) mass is 240 g/mol. The minimum atomic E-state index is 0.197. The predicted octanol–water partition coefficient (Wildman–Crippen LogP) is 1.97. The molecule has 0 saturated heterocycles. The average Bonchev–Trinajstić information content (AvgIpc) is 2.25. The van der Waals surface area contributed by atoms with Crippen LogP contribution in [0, 0.1) is 6.92 Å². The van der Waals surface area contributed by atoms with Gasteiger partial charge in [0.2, 0.25) is 0 Å². The third-order valence-electron chi connectivity index (χ3n) is 2.13. The van der Waals surface area contributed by atoms with Crippen molar-refractivity contribution in [1.29, 1.82) is 0 Å². The van der Waals surface area contributed by atoms with E-state index in [2.05, 4.69) is 37.1 Å². The van der Waals surface area contributed by atoms with Gasteiger partial charge >= 0.3 is 0 Å². The molecule has 1 aromatic rings. The molecule has 0 spiro atoms. The zero-order chi connectivity index (χ0) is 12.0. The Morgan fingerprint density at radius 3 is 2.81 bits per heavy atom. The minimum absolute atomic E-state index is 0.197. The molecular weight excluding hydrogens is 220 g/mol. The number of aromatic nitrogens is 1. The molecule has 0 radical (unpaired) electrons. The van der Waals surface area contributed by atoms with Gasteiger partial charge in [-0.3, -0.25) is 0 Å². The van der Waals surface area contributed by atoms with E-state index in [1.54, 1.807) is 11.8 Å². The van der Waals surface area contributed by atoms with E-state index in [9.17, 15) is 0 Å². The molecule has 3 nitrogen and oxygen atoms in total. The Hall–Kier alpha value is -0.580. The number of nitrogens with zero attached hydrogens (tertiary/aromatic N) is 1. The topological polar surface area (TPSA) is 45.2 Å². The Kier molecular flexibility index (Phi) is 5.80. The highest BCUT2D eigenvalue weighted by Crippen LogP contribution is 2.19. The van der Waals surface area contributed by atoms with Crippen LogP contribution in [0.25, 0.3) is 0 Å². The van der Waals surface area contributed by atoms with Crippen LogP contribution in [0.5, 0.6) is 0 Å². The number of rotatable bonds is 6. The Labute approximate surface area is 102 Å². The third-order valence-corrected chi connectivity index (χ3v) is 3.22. The van der Waals surface area contributed by atoms with Gasteiger partial charge in [-0.05, 0) is 18.1 Å². The fraction of sp³-hybridized carbons (Fsp3) is 0.583. The highest BCUT2D eigenvalue weighted by Gasteiger charge is 2.02. The predicted molar refractivity (Wildman–Crippen MR) is 68.8 cm³/mol. The van der Waals surface area contributed by atoms with Crippen LogP contribution in [-0.4, -0.2) is 28.5 Å². The summed E-state index contributed by atoms with van der Waals surface area (Å²) in [6.45, 7) is 7.38. The van der Waals surface area contributed by atoms with Crippen LogP contribution in [0.15, 0.2) is 17.3 Å². The first-order valence-corrected chi connectivity index (χ1v) is 6.54. The first-order valence-electron chi connectivity index (χ1n) is 5.56. The first-order chi connectivity index (χ1) is 7.63. The number of thioether (sulfide) groups is 1. The van der Waals surface area contributed by atoms with Crippen LogP contribution in [0.2, 0.25) is 0 Å². The van der Waals surface area contributed by atoms with Gasteiger partial charge in [-0.2, -0.15) is 0 Å². The van der Waals surface area contributed by atoms with E-state index in [0.29, 0.717) is 11.8 Å². The van der Waals surface area contributed by atoms with E-state index in [1.165, 1.54) is 11.1 Å². The highest BCUT2D eigenvalue weighted by atomic mass is 32.2. The van der Waals surface area contributed by atoms with E-state index < -0.39 is 0 Å². The average molecular weight is 240 g/mol. The lowest BCUT2D eigenvalue weighted by atomic mass is 10.2. The third kappa shape index (κ3) is 4.51. The lowest BCUT2D eigenvalue weighted by molar-refractivity contribution is 0.322. The number of aliphatic hydroxyl groups excluding tert-OH is 1. The number of hydrogen-bond donors (Lipinski definition) is 2. The molecule has 0 aliphatic heterocycles. The molecule has 0 atom stereocenters. The molecular formula is C12H20N2OS. The van der Waals surface area contributed by atoms with Gasteiger partial charge in [-0.1, -0.05) is 19.9 Å². The largest absolute Gasteiger partial charge is 0.396 e. The minimum Gasteiger partial charge on any atom is -0.396 e. The molecule has 2 N–H and O–H groups in total. The molecule has 0 fully saturated rings. The maximum atomic E-state index is 8.76. The van der Waals surface area contributed by atoms with Crippen LogP contribution < -0.4 is 5.32 Å². The quantitative estimate of drug-likeness (QED) is 0.746. The van der Waals surface area contributed by atoms with Crippen molar-refractivity contribution in [3.63, 3.8) is 0 Å². The molecule has 0 saturated carbocycles.